The number of rotatable bonds is 2. The molecule has 0 saturated carbocycles. The molecule has 1 N–H and O–H groups in total. The Labute approximate surface area is 97.4 Å². The first-order valence-electron chi connectivity index (χ1n) is 4.95. The van der Waals surface area contributed by atoms with Crippen molar-refractivity contribution < 1.29 is 14.3 Å². The fourth-order valence-electron chi connectivity index (χ4n) is 1.58. The number of hydrogen-bond acceptors (Lipinski definition) is 3. The molecule has 0 aliphatic heterocycles. The summed E-state index contributed by atoms with van der Waals surface area (Å²) < 4.78 is 5.42. The first kappa shape index (κ1) is 11.0. The molecule has 0 aliphatic carbocycles. The van der Waals surface area contributed by atoms with Crippen molar-refractivity contribution in [1.82, 2.24) is 0 Å². The smallest absolute Gasteiger partial charge is 0.346 e. The van der Waals surface area contributed by atoms with Crippen LogP contribution < -0.4 is 0 Å². The predicted molar refractivity (Wildman–Crippen MR) is 62.2 cm³/mol. The van der Waals surface area contributed by atoms with Crippen molar-refractivity contribution in [3.05, 3.63) is 41.2 Å². The van der Waals surface area contributed by atoms with Gasteiger partial charge in [0, 0.05) is 5.39 Å². The highest BCUT2D eigenvalue weighted by Crippen LogP contribution is 2.21. The predicted octanol–water partition coefficient (Wildman–Crippen LogP) is 2.73. The Kier molecular flexibility index (Phi) is 2.67. The first-order valence-corrected chi connectivity index (χ1v) is 4.95. The van der Waals surface area contributed by atoms with Crippen LogP contribution in [0.25, 0.3) is 17.0 Å². The van der Waals surface area contributed by atoms with Gasteiger partial charge in [-0.1, -0.05) is 12.1 Å². The summed E-state index contributed by atoms with van der Waals surface area (Å²) in [5, 5.41) is 18.3. The molecule has 84 valence electrons. The van der Waals surface area contributed by atoms with Crippen LogP contribution in [-0.4, -0.2) is 11.1 Å². The second-order valence-electron chi connectivity index (χ2n) is 3.63. The molecule has 1 aromatic heterocycles. The molecular weight excluding hydrogens is 218 g/mol. The van der Waals surface area contributed by atoms with Crippen LogP contribution in [0.1, 0.15) is 11.3 Å². The lowest BCUT2D eigenvalue weighted by atomic mass is 10.1. The van der Waals surface area contributed by atoms with Gasteiger partial charge in [-0.25, -0.2) is 4.79 Å². The summed E-state index contributed by atoms with van der Waals surface area (Å²) in [5.74, 6) is -0.442. The summed E-state index contributed by atoms with van der Waals surface area (Å²) in [6.07, 6.45) is 1.32. The summed E-state index contributed by atoms with van der Waals surface area (Å²) in [6, 6.07) is 8.81. The highest BCUT2D eigenvalue weighted by atomic mass is 16.4. The summed E-state index contributed by atoms with van der Waals surface area (Å²) in [7, 11) is 0. The lowest BCUT2D eigenvalue weighted by molar-refractivity contribution is -0.132. The summed E-state index contributed by atoms with van der Waals surface area (Å²) in [4.78, 5) is 10.7. The minimum Gasteiger partial charge on any atom is -0.477 e. The van der Waals surface area contributed by atoms with E-state index in [-0.39, 0.29) is 5.57 Å². The van der Waals surface area contributed by atoms with E-state index in [4.69, 9.17) is 14.8 Å². The van der Waals surface area contributed by atoms with Crippen LogP contribution in [0.15, 0.2) is 34.3 Å². The highest BCUT2D eigenvalue weighted by molar-refractivity contribution is 5.97. The number of carboxylic acids is 1. The minimum absolute atomic E-state index is 0.298. The molecule has 2 rings (SSSR count). The van der Waals surface area contributed by atoms with Crippen LogP contribution in [-0.2, 0) is 4.79 Å². The molecular formula is C13H9NO3. The van der Waals surface area contributed by atoms with Crippen molar-refractivity contribution in [3.8, 4) is 6.07 Å². The molecule has 0 saturated heterocycles. The quantitative estimate of drug-likeness (QED) is 0.632. The fourth-order valence-corrected chi connectivity index (χ4v) is 1.58. The van der Waals surface area contributed by atoms with Crippen molar-refractivity contribution in [2.24, 2.45) is 0 Å². The average Bonchev–Trinajstić information content (AvgIpc) is 2.64. The lowest BCUT2D eigenvalue weighted by Crippen LogP contribution is -1.97. The maximum atomic E-state index is 10.7. The minimum atomic E-state index is -1.23. The Hall–Kier alpha value is -2.54. The third-order valence-electron chi connectivity index (χ3n) is 2.33. The van der Waals surface area contributed by atoms with Crippen LogP contribution >= 0.6 is 0 Å². The van der Waals surface area contributed by atoms with E-state index in [0.717, 1.165) is 11.1 Å². The molecule has 0 fully saturated rings. The number of aryl methyl sites for hydroxylation is 1. The average molecular weight is 227 g/mol. The Bertz CT molecular complexity index is 659. The van der Waals surface area contributed by atoms with Gasteiger partial charge in [-0.3, -0.25) is 0 Å². The van der Waals surface area contributed by atoms with Crippen LogP contribution in [0.5, 0.6) is 0 Å². The zero-order valence-corrected chi connectivity index (χ0v) is 9.10. The van der Waals surface area contributed by atoms with Gasteiger partial charge in [-0.05, 0) is 30.7 Å². The normalized spacial score (nSPS) is 11.4. The van der Waals surface area contributed by atoms with Gasteiger partial charge in [0.05, 0.1) is 0 Å². The summed E-state index contributed by atoms with van der Waals surface area (Å²) >= 11 is 0. The van der Waals surface area contributed by atoms with E-state index in [1.165, 1.54) is 6.08 Å². The van der Waals surface area contributed by atoms with Crippen LogP contribution in [0.4, 0.5) is 0 Å². The molecule has 0 atom stereocenters. The molecule has 0 spiro atoms. The molecule has 0 unspecified atom stereocenters. The zero-order valence-electron chi connectivity index (χ0n) is 9.10. The van der Waals surface area contributed by atoms with E-state index >= 15 is 0 Å². The molecule has 0 bridgehead atoms. The molecule has 2 aromatic rings. The number of furan rings is 1. The number of nitriles is 1. The van der Waals surface area contributed by atoms with E-state index < -0.39 is 5.97 Å². The number of hydrogen-bond donors (Lipinski definition) is 1. The molecule has 4 nitrogen and oxygen atoms in total. The molecule has 17 heavy (non-hydrogen) atoms. The van der Waals surface area contributed by atoms with Crippen molar-refractivity contribution in [2.75, 3.05) is 0 Å². The lowest BCUT2D eigenvalue weighted by Gasteiger charge is -1.94. The summed E-state index contributed by atoms with van der Waals surface area (Å²) in [6.45, 7) is 1.84. The van der Waals surface area contributed by atoms with E-state index in [9.17, 15) is 4.79 Å². The highest BCUT2D eigenvalue weighted by Gasteiger charge is 2.06. The number of carbonyl (C=O) groups is 1. The molecule has 0 amide bonds. The topological polar surface area (TPSA) is 74.2 Å². The van der Waals surface area contributed by atoms with E-state index in [1.807, 2.05) is 19.1 Å². The third kappa shape index (κ3) is 2.18. The fraction of sp³-hybridized carbons (Fsp3) is 0.0769. The van der Waals surface area contributed by atoms with Crippen LogP contribution in [0.2, 0.25) is 0 Å². The number of fused-ring (bicyclic) bond motifs is 1. The monoisotopic (exact) mass is 227 g/mol. The van der Waals surface area contributed by atoms with Gasteiger partial charge >= 0.3 is 5.97 Å². The second-order valence-corrected chi connectivity index (χ2v) is 3.63. The molecule has 0 aliphatic rings. The SMILES string of the molecule is Cc1cc2ccc(/C=C(/C#N)C(=O)O)cc2o1. The second kappa shape index (κ2) is 4.14. The van der Waals surface area contributed by atoms with E-state index in [2.05, 4.69) is 0 Å². The molecule has 0 radical (unpaired) electrons. The standard InChI is InChI=1S/C13H9NO3/c1-8-4-10-3-2-9(6-12(10)17-8)5-11(7-14)13(15)16/h2-6H,1H3,(H,15,16)/b11-5-. The number of benzene rings is 1. The summed E-state index contributed by atoms with van der Waals surface area (Å²) in [5.41, 5.74) is 1.01. The van der Waals surface area contributed by atoms with Gasteiger partial charge < -0.3 is 9.52 Å². The van der Waals surface area contributed by atoms with Crippen molar-refractivity contribution in [2.45, 2.75) is 6.92 Å². The van der Waals surface area contributed by atoms with Crippen molar-refractivity contribution >= 4 is 23.0 Å². The van der Waals surface area contributed by atoms with Crippen LogP contribution in [0, 0.1) is 18.3 Å². The maximum Gasteiger partial charge on any atom is 0.346 e. The van der Waals surface area contributed by atoms with Gasteiger partial charge in [-0.2, -0.15) is 5.26 Å². The maximum absolute atomic E-state index is 10.7. The zero-order chi connectivity index (χ0) is 12.4. The Morgan fingerprint density at radius 3 is 2.88 bits per heavy atom. The Balaban J connectivity index is 2.50. The largest absolute Gasteiger partial charge is 0.477 e. The van der Waals surface area contributed by atoms with Gasteiger partial charge in [0.2, 0.25) is 0 Å². The van der Waals surface area contributed by atoms with Crippen LogP contribution in [0.3, 0.4) is 0 Å². The Morgan fingerprint density at radius 2 is 2.24 bits per heavy atom. The van der Waals surface area contributed by atoms with Gasteiger partial charge in [-0.15, -0.1) is 0 Å². The van der Waals surface area contributed by atoms with Gasteiger partial charge in [0.1, 0.15) is 23.0 Å². The number of nitrogens with zero attached hydrogens (tertiary/aromatic N) is 1. The van der Waals surface area contributed by atoms with E-state index in [1.54, 1.807) is 18.2 Å². The third-order valence-corrected chi connectivity index (χ3v) is 2.33. The number of aliphatic carboxylic acids is 1. The molecule has 1 aromatic carbocycles. The van der Waals surface area contributed by atoms with Gasteiger partial charge in [0.15, 0.2) is 0 Å². The van der Waals surface area contributed by atoms with Gasteiger partial charge in [0.25, 0.3) is 0 Å². The molecule has 4 heteroatoms. The van der Waals surface area contributed by atoms with E-state index in [0.29, 0.717) is 11.1 Å². The Morgan fingerprint density at radius 1 is 1.47 bits per heavy atom. The number of carboxylic acid groups (broad SMARTS) is 1. The molecule has 1 heterocycles. The first-order chi connectivity index (χ1) is 8.10. The van der Waals surface area contributed by atoms with Crippen molar-refractivity contribution in [3.63, 3.8) is 0 Å². The van der Waals surface area contributed by atoms with Crippen molar-refractivity contribution in [1.29, 1.82) is 5.26 Å².